The molecule has 0 spiro atoms. The van der Waals surface area contributed by atoms with Crippen LogP contribution in [0.2, 0.25) is 0 Å². The summed E-state index contributed by atoms with van der Waals surface area (Å²) in [5, 5.41) is 7.54. The van der Waals surface area contributed by atoms with Crippen LogP contribution in [0.3, 0.4) is 0 Å². The average Bonchev–Trinajstić information content (AvgIpc) is 3.25. The third-order valence-corrected chi connectivity index (χ3v) is 7.01. The van der Waals surface area contributed by atoms with Crippen LogP contribution in [0.5, 0.6) is 0 Å². The molecule has 0 unspecified atom stereocenters. The molecule has 3 N–H and O–H groups in total. The third-order valence-electron chi connectivity index (χ3n) is 5.00. The van der Waals surface area contributed by atoms with E-state index < -0.39 is 47.4 Å². The summed E-state index contributed by atoms with van der Waals surface area (Å²) in [5.74, 6) is -2.25. The number of aromatic nitrogens is 1. The molecule has 1 saturated heterocycles. The number of rotatable bonds is 9. The van der Waals surface area contributed by atoms with Gasteiger partial charge in [0.25, 0.3) is 11.8 Å². The monoisotopic (exact) mass is 541 g/mol. The van der Waals surface area contributed by atoms with E-state index in [1.165, 1.54) is 36.3 Å². The van der Waals surface area contributed by atoms with Gasteiger partial charge in [-0.05, 0) is 26.3 Å². The lowest BCUT2D eigenvalue weighted by Gasteiger charge is -2.49. The van der Waals surface area contributed by atoms with E-state index in [-0.39, 0.29) is 28.8 Å². The number of nitrogens with two attached hydrogens (primary N) is 1. The summed E-state index contributed by atoms with van der Waals surface area (Å²) in [6.45, 7) is 4.48. The van der Waals surface area contributed by atoms with E-state index >= 15 is 0 Å². The molecule has 2 aliphatic heterocycles. The van der Waals surface area contributed by atoms with Crippen LogP contribution < -0.4 is 11.1 Å². The largest absolute Gasteiger partial charge is 0.427 e. The molecule has 2 aliphatic rings. The fraction of sp³-hybridized carbons (Fsp3) is 0.524. The fourth-order valence-corrected chi connectivity index (χ4v) is 5.16. The van der Waals surface area contributed by atoms with Crippen LogP contribution in [0.25, 0.3) is 0 Å². The van der Waals surface area contributed by atoms with Gasteiger partial charge in [0, 0.05) is 18.2 Å². The Morgan fingerprint density at radius 3 is 2.58 bits per heavy atom. The summed E-state index contributed by atoms with van der Waals surface area (Å²) in [5.41, 5.74) is 5.46. The molecule has 13 nitrogen and oxygen atoms in total. The molecule has 2 amide bonds. The van der Waals surface area contributed by atoms with E-state index in [2.05, 4.69) is 15.5 Å². The summed E-state index contributed by atoms with van der Waals surface area (Å²) in [6, 6.07) is -0.939. The van der Waals surface area contributed by atoms with Crippen molar-refractivity contribution in [2.45, 2.75) is 32.2 Å². The number of carbonyl (C=O) groups is 4. The maximum absolute atomic E-state index is 13.1. The molecule has 36 heavy (non-hydrogen) atoms. The highest BCUT2D eigenvalue weighted by molar-refractivity contribution is 8.00. The number of amides is 2. The van der Waals surface area contributed by atoms with Crippen molar-refractivity contribution < 1.29 is 38.2 Å². The molecule has 3 heterocycles. The molecule has 1 aromatic heterocycles. The number of oxime groups is 1. The number of hydrogen-bond donors (Lipinski definition) is 2. The number of methoxy groups -OCH3 is 1. The maximum Gasteiger partial charge on any atom is 0.358 e. The van der Waals surface area contributed by atoms with Gasteiger partial charge in [-0.1, -0.05) is 5.16 Å². The van der Waals surface area contributed by atoms with Crippen LogP contribution in [-0.2, 0) is 38.2 Å². The fourth-order valence-electron chi connectivity index (χ4n) is 3.28. The number of anilines is 1. The highest BCUT2D eigenvalue weighted by Crippen LogP contribution is 2.40. The quantitative estimate of drug-likeness (QED) is 0.146. The average molecular weight is 542 g/mol. The Kier molecular flexibility index (Phi) is 8.58. The zero-order chi connectivity index (χ0) is 26.6. The second-order valence-corrected chi connectivity index (χ2v) is 10.7. The number of nitrogen functional groups attached to an aromatic ring is 1. The molecule has 0 bridgehead atoms. The summed E-state index contributed by atoms with van der Waals surface area (Å²) in [7, 11) is 2.73. The number of esters is 2. The number of β-lactam (4-membered cyclic amide) rings is 1. The van der Waals surface area contributed by atoms with Gasteiger partial charge in [0.05, 0.1) is 12.0 Å². The van der Waals surface area contributed by atoms with E-state index in [9.17, 15) is 19.2 Å². The minimum Gasteiger partial charge on any atom is -0.427 e. The van der Waals surface area contributed by atoms with Gasteiger partial charge >= 0.3 is 11.9 Å². The Labute approximate surface area is 215 Å². The Bertz CT molecular complexity index is 1110. The molecule has 2 atom stereocenters. The number of hydrogen-bond acceptors (Lipinski definition) is 13. The van der Waals surface area contributed by atoms with E-state index in [1.54, 1.807) is 20.8 Å². The zero-order valence-electron chi connectivity index (χ0n) is 20.4. The first-order valence-electron chi connectivity index (χ1n) is 10.6. The third kappa shape index (κ3) is 5.79. The normalized spacial score (nSPS) is 19.9. The van der Waals surface area contributed by atoms with Crippen molar-refractivity contribution in [1.82, 2.24) is 15.2 Å². The SMILES string of the molecule is COCC1=C(C(=O)OCOC(=O)C(C)(C)C)N2C(=O)[C@@H](NC(=O)/C(=N\OC)c3csc(N)n3)[C@H]2SC1. The van der Waals surface area contributed by atoms with Gasteiger partial charge in [0.15, 0.2) is 10.8 Å². The minimum atomic E-state index is -0.939. The van der Waals surface area contributed by atoms with E-state index in [0.29, 0.717) is 11.3 Å². The van der Waals surface area contributed by atoms with Gasteiger partial charge in [-0.25, -0.2) is 9.78 Å². The number of thiazole rings is 1. The Morgan fingerprint density at radius 1 is 1.28 bits per heavy atom. The van der Waals surface area contributed by atoms with Gasteiger partial charge in [0.1, 0.15) is 29.9 Å². The van der Waals surface area contributed by atoms with Gasteiger partial charge in [-0.3, -0.25) is 19.3 Å². The lowest BCUT2D eigenvalue weighted by molar-refractivity contribution is -0.173. The number of nitrogens with one attached hydrogen (secondary N) is 1. The summed E-state index contributed by atoms with van der Waals surface area (Å²) >= 11 is 2.47. The second kappa shape index (κ2) is 11.3. The molecule has 15 heteroatoms. The van der Waals surface area contributed by atoms with Crippen molar-refractivity contribution >= 4 is 57.7 Å². The zero-order valence-corrected chi connectivity index (χ0v) is 22.0. The summed E-state index contributed by atoms with van der Waals surface area (Å²) in [6.07, 6.45) is 0. The Hall–Kier alpha value is -3.17. The topological polar surface area (TPSA) is 172 Å². The smallest absolute Gasteiger partial charge is 0.358 e. The molecular formula is C21H27N5O8S2. The summed E-state index contributed by atoms with van der Waals surface area (Å²) in [4.78, 5) is 60.8. The van der Waals surface area contributed by atoms with Gasteiger partial charge in [0.2, 0.25) is 6.79 Å². The molecule has 196 valence electrons. The number of thioether (sulfide) groups is 1. The van der Waals surface area contributed by atoms with Crippen molar-refractivity contribution in [2.24, 2.45) is 10.6 Å². The number of nitrogens with zero attached hydrogens (tertiary/aromatic N) is 3. The second-order valence-electron chi connectivity index (χ2n) is 8.67. The lowest BCUT2D eigenvalue weighted by Crippen LogP contribution is -2.71. The predicted octanol–water partition coefficient (Wildman–Crippen LogP) is 0.466. The molecule has 0 aliphatic carbocycles. The Morgan fingerprint density at radius 2 is 2.00 bits per heavy atom. The van der Waals surface area contributed by atoms with Crippen LogP contribution in [0.4, 0.5) is 5.13 Å². The number of ether oxygens (including phenoxy) is 3. The highest BCUT2D eigenvalue weighted by Gasteiger charge is 2.54. The van der Waals surface area contributed by atoms with Crippen molar-refractivity contribution in [1.29, 1.82) is 0 Å². The van der Waals surface area contributed by atoms with Crippen molar-refractivity contribution in [2.75, 3.05) is 39.1 Å². The summed E-state index contributed by atoms with van der Waals surface area (Å²) < 4.78 is 15.3. The van der Waals surface area contributed by atoms with Gasteiger partial charge in [-0.2, -0.15) is 0 Å². The molecule has 1 fully saturated rings. The Balaban J connectivity index is 1.73. The molecule has 1 aromatic rings. The lowest BCUT2D eigenvalue weighted by atomic mass is 9.98. The first-order chi connectivity index (χ1) is 17.0. The van der Waals surface area contributed by atoms with Crippen LogP contribution in [0, 0.1) is 5.41 Å². The van der Waals surface area contributed by atoms with Crippen molar-refractivity contribution in [3.05, 3.63) is 22.3 Å². The first kappa shape index (κ1) is 27.4. The van der Waals surface area contributed by atoms with E-state index in [4.69, 9.17) is 24.8 Å². The maximum atomic E-state index is 13.1. The highest BCUT2D eigenvalue weighted by atomic mass is 32.2. The minimum absolute atomic E-state index is 0.000892. The molecular weight excluding hydrogens is 514 g/mol. The van der Waals surface area contributed by atoms with Crippen LogP contribution in [-0.4, -0.2) is 84.1 Å². The first-order valence-corrected chi connectivity index (χ1v) is 12.6. The standard InChI is InChI=1S/C21H27N5O8S2/c1-21(2,3)19(30)34-9-33-18(29)14-10(6-31-4)7-35-17-13(16(28)26(14)17)24-15(27)12(25-32-5)11-8-36-20(22)23-11/h8,13,17H,6-7,9H2,1-5H3,(H2,22,23)(H,24,27)/b25-12-/t13-,17-/m1/s1. The molecule has 0 aromatic carbocycles. The number of fused-ring (bicyclic) bond motifs is 1. The van der Waals surface area contributed by atoms with Crippen molar-refractivity contribution in [3.63, 3.8) is 0 Å². The van der Waals surface area contributed by atoms with Crippen molar-refractivity contribution in [3.8, 4) is 0 Å². The van der Waals surface area contributed by atoms with Gasteiger partial charge in [-0.15, -0.1) is 23.1 Å². The van der Waals surface area contributed by atoms with Gasteiger partial charge < -0.3 is 30.1 Å². The molecule has 3 rings (SSSR count). The predicted molar refractivity (Wildman–Crippen MR) is 131 cm³/mol. The van der Waals surface area contributed by atoms with Crippen LogP contribution in [0.15, 0.2) is 21.8 Å². The molecule has 0 radical (unpaired) electrons. The molecule has 0 saturated carbocycles. The van der Waals surface area contributed by atoms with E-state index in [1.807, 2.05) is 0 Å². The van der Waals surface area contributed by atoms with E-state index in [0.717, 1.165) is 11.3 Å². The van der Waals surface area contributed by atoms with Crippen LogP contribution in [0.1, 0.15) is 26.5 Å². The number of carbonyl (C=O) groups excluding carboxylic acids is 4. The van der Waals surface area contributed by atoms with Crippen LogP contribution >= 0.6 is 23.1 Å².